The highest BCUT2D eigenvalue weighted by atomic mass is 16.6. The van der Waals surface area contributed by atoms with Crippen LogP contribution >= 0.6 is 0 Å². The molecule has 1 aromatic heterocycles. The number of aryl methyl sites for hydroxylation is 1. The third kappa shape index (κ3) is 5.50. The summed E-state index contributed by atoms with van der Waals surface area (Å²) in [6.07, 6.45) is 2.91. The lowest BCUT2D eigenvalue weighted by atomic mass is 9.87. The fraction of sp³-hybridized carbons (Fsp3) is 0.423. The number of methoxy groups -OCH3 is 1. The predicted octanol–water partition coefficient (Wildman–Crippen LogP) is 4.45. The van der Waals surface area contributed by atoms with Gasteiger partial charge in [0.25, 0.3) is 0 Å². The standard InChI is InChI=1S/C26H31N3O5/c1-28(16-18-8-5-4-6-9-18)26(31)33-17-24-27-22-15-21(12-13-23(22)29(24)2)34-20-11-7-10-19(14-20)25(30)32-3/h4-6,8-9,12-13,15,19-20H,7,10-11,14,16-17H2,1-3H3/t19-,20-/m0/s1. The Morgan fingerprint density at radius 3 is 2.71 bits per heavy atom. The molecule has 34 heavy (non-hydrogen) atoms. The van der Waals surface area contributed by atoms with Crippen LogP contribution in [0, 0.1) is 5.92 Å². The minimum atomic E-state index is -0.405. The van der Waals surface area contributed by atoms with Crippen LogP contribution < -0.4 is 4.74 Å². The van der Waals surface area contributed by atoms with Crippen LogP contribution in [0.1, 0.15) is 37.1 Å². The highest BCUT2D eigenvalue weighted by molar-refractivity contribution is 5.78. The highest BCUT2D eigenvalue weighted by Crippen LogP contribution is 2.30. The van der Waals surface area contributed by atoms with Gasteiger partial charge in [-0.25, -0.2) is 9.78 Å². The molecule has 0 unspecified atom stereocenters. The average Bonchev–Trinajstić information content (AvgIpc) is 3.17. The number of esters is 1. The molecule has 0 aliphatic heterocycles. The molecule has 1 saturated carbocycles. The maximum Gasteiger partial charge on any atom is 0.410 e. The molecule has 0 saturated heterocycles. The smallest absolute Gasteiger partial charge is 0.410 e. The SMILES string of the molecule is COC(=O)[C@H]1CCC[C@H](Oc2ccc3c(c2)nc(COC(=O)N(C)Cc2ccccc2)n3C)C1. The van der Waals surface area contributed by atoms with Crippen LogP contribution in [0.5, 0.6) is 5.75 Å². The van der Waals surface area contributed by atoms with Crippen molar-refractivity contribution >= 4 is 23.1 Å². The third-order valence-corrected chi connectivity index (χ3v) is 6.31. The number of ether oxygens (including phenoxy) is 3. The third-order valence-electron chi connectivity index (χ3n) is 6.31. The molecule has 3 aromatic rings. The lowest BCUT2D eigenvalue weighted by Crippen LogP contribution is -2.30. The van der Waals surface area contributed by atoms with Gasteiger partial charge in [0.1, 0.15) is 11.6 Å². The van der Waals surface area contributed by atoms with Gasteiger partial charge in [0, 0.05) is 26.7 Å². The molecule has 1 heterocycles. The second-order valence-corrected chi connectivity index (χ2v) is 8.76. The Kier molecular flexibility index (Phi) is 7.35. The van der Waals surface area contributed by atoms with Crippen LogP contribution in [-0.2, 0) is 34.5 Å². The first-order valence-corrected chi connectivity index (χ1v) is 11.6. The Morgan fingerprint density at radius 2 is 1.94 bits per heavy atom. The molecular formula is C26H31N3O5. The zero-order chi connectivity index (χ0) is 24.1. The number of benzene rings is 2. The summed E-state index contributed by atoms with van der Waals surface area (Å²) in [5.74, 6) is 1.09. The molecule has 1 aliphatic carbocycles. The monoisotopic (exact) mass is 465 g/mol. The molecule has 1 fully saturated rings. The van der Waals surface area contributed by atoms with E-state index in [0.29, 0.717) is 24.5 Å². The molecule has 2 aromatic carbocycles. The number of hydrogen-bond donors (Lipinski definition) is 0. The fourth-order valence-corrected chi connectivity index (χ4v) is 4.42. The van der Waals surface area contributed by atoms with Crippen LogP contribution in [0.2, 0.25) is 0 Å². The van der Waals surface area contributed by atoms with Crippen molar-refractivity contribution in [3.63, 3.8) is 0 Å². The minimum Gasteiger partial charge on any atom is -0.490 e. The number of fused-ring (bicyclic) bond motifs is 1. The Labute approximate surface area is 199 Å². The predicted molar refractivity (Wildman–Crippen MR) is 127 cm³/mol. The number of carbonyl (C=O) groups excluding carboxylic acids is 2. The fourth-order valence-electron chi connectivity index (χ4n) is 4.42. The summed E-state index contributed by atoms with van der Waals surface area (Å²) in [5.41, 5.74) is 2.73. The van der Waals surface area contributed by atoms with E-state index in [4.69, 9.17) is 14.2 Å². The molecule has 1 aliphatic rings. The van der Waals surface area contributed by atoms with Gasteiger partial charge >= 0.3 is 12.1 Å². The van der Waals surface area contributed by atoms with Gasteiger partial charge in [-0.3, -0.25) is 4.79 Å². The van der Waals surface area contributed by atoms with Crippen molar-refractivity contribution in [2.45, 2.75) is 44.9 Å². The van der Waals surface area contributed by atoms with Crippen molar-refractivity contribution in [2.75, 3.05) is 14.2 Å². The van der Waals surface area contributed by atoms with E-state index >= 15 is 0 Å². The van der Waals surface area contributed by atoms with E-state index in [1.807, 2.05) is 60.1 Å². The van der Waals surface area contributed by atoms with Crippen molar-refractivity contribution in [3.8, 4) is 5.75 Å². The minimum absolute atomic E-state index is 0.0282. The van der Waals surface area contributed by atoms with Crippen molar-refractivity contribution < 1.29 is 23.8 Å². The van der Waals surface area contributed by atoms with Crippen molar-refractivity contribution in [2.24, 2.45) is 13.0 Å². The number of hydrogen-bond acceptors (Lipinski definition) is 6. The normalized spacial score (nSPS) is 17.9. The lowest BCUT2D eigenvalue weighted by molar-refractivity contribution is -0.147. The number of nitrogens with zero attached hydrogens (tertiary/aromatic N) is 3. The summed E-state index contributed by atoms with van der Waals surface area (Å²) >= 11 is 0. The molecular weight excluding hydrogens is 434 g/mol. The van der Waals surface area contributed by atoms with Crippen molar-refractivity contribution in [1.82, 2.24) is 14.5 Å². The second kappa shape index (κ2) is 10.6. The maximum atomic E-state index is 12.4. The van der Waals surface area contributed by atoms with Gasteiger partial charge in [-0.2, -0.15) is 0 Å². The second-order valence-electron chi connectivity index (χ2n) is 8.76. The molecule has 8 heteroatoms. The van der Waals surface area contributed by atoms with Gasteiger partial charge in [0.05, 0.1) is 30.2 Å². The molecule has 1 amide bonds. The summed E-state index contributed by atoms with van der Waals surface area (Å²) in [6, 6.07) is 15.5. The number of rotatable bonds is 7. The van der Waals surface area contributed by atoms with Crippen LogP contribution in [0.25, 0.3) is 11.0 Å². The number of carbonyl (C=O) groups is 2. The Balaban J connectivity index is 1.37. The Morgan fingerprint density at radius 1 is 1.15 bits per heavy atom. The van der Waals surface area contributed by atoms with E-state index in [1.54, 1.807) is 7.05 Å². The summed E-state index contributed by atoms with van der Waals surface area (Å²) in [6.45, 7) is 0.545. The van der Waals surface area contributed by atoms with Crippen LogP contribution in [-0.4, -0.2) is 46.8 Å². The van der Waals surface area contributed by atoms with E-state index in [2.05, 4.69) is 4.98 Å². The maximum absolute atomic E-state index is 12.4. The highest BCUT2D eigenvalue weighted by Gasteiger charge is 2.29. The summed E-state index contributed by atoms with van der Waals surface area (Å²) in [7, 11) is 5.04. The van der Waals surface area contributed by atoms with E-state index in [0.717, 1.165) is 35.9 Å². The van der Waals surface area contributed by atoms with Gasteiger partial charge < -0.3 is 23.7 Å². The number of imidazole rings is 1. The quantitative estimate of drug-likeness (QED) is 0.480. The molecule has 2 atom stereocenters. The first-order chi connectivity index (χ1) is 16.4. The Hall–Kier alpha value is -3.55. The van der Waals surface area contributed by atoms with Crippen LogP contribution in [0.3, 0.4) is 0 Å². The Bertz CT molecular complexity index is 1140. The zero-order valence-electron chi connectivity index (χ0n) is 19.9. The zero-order valence-corrected chi connectivity index (χ0v) is 19.9. The van der Waals surface area contributed by atoms with Crippen LogP contribution in [0.15, 0.2) is 48.5 Å². The molecule has 4 rings (SSSR count). The van der Waals surface area contributed by atoms with E-state index in [9.17, 15) is 9.59 Å². The summed E-state index contributed by atoms with van der Waals surface area (Å²) < 4.78 is 18.5. The number of amides is 1. The molecule has 0 N–H and O–H groups in total. The van der Waals surface area contributed by atoms with E-state index in [1.165, 1.54) is 12.0 Å². The summed E-state index contributed by atoms with van der Waals surface area (Å²) in [4.78, 5) is 30.5. The topological polar surface area (TPSA) is 82.9 Å². The largest absolute Gasteiger partial charge is 0.490 e. The first-order valence-electron chi connectivity index (χ1n) is 11.6. The molecule has 180 valence electrons. The van der Waals surface area contributed by atoms with E-state index < -0.39 is 6.09 Å². The molecule has 0 spiro atoms. The van der Waals surface area contributed by atoms with Gasteiger partial charge in [0.2, 0.25) is 0 Å². The van der Waals surface area contributed by atoms with Crippen molar-refractivity contribution in [3.05, 3.63) is 59.9 Å². The number of aromatic nitrogens is 2. The van der Waals surface area contributed by atoms with Gasteiger partial charge in [-0.15, -0.1) is 0 Å². The van der Waals surface area contributed by atoms with Crippen LogP contribution in [0.4, 0.5) is 4.79 Å². The van der Waals surface area contributed by atoms with E-state index in [-0.39, 0.29) is 24.6 Å². The van der Waals surface area contributed by atoms with Gasteiger partial charge in [-0.1, -0.05) is 30.3 Å². The average molecular weight is 466 g/mol. The first kappa shape index (κ1) is 23.6. The lowest BCUT2D eigenvalue weighted by Gasteiger charge is -2.28. The molecule has 8 nitrogen and oxygen atoms in total. The molecule has 0 radical (unpaired) electrons. The van der Waals surface area contributed by atoms with Crippen molar-refractivity contribution in [1.29, 1.82) is 0 Å². The van der Waals surface area contributed by atoms with Gasteiger partial charge in [0.15, 0.2) is 6.61 Å². The molecule has 0 bridgehead atoms. The van der Waals surface area contributed by atoms with Gasteiger partial charge in [-0.05, 0) is 43.4 Å². The summed E-state index contributed by atoms with van der Waals surface area (Å²) in [5, 5.41) is 0.